The zero-order chi connectivity index (χ0) is 26.4. The van der Waals surface area contributed by atoms with Gasteiger partial charge in [-0.15, -0.1) is 10.2 Å². The lowest BCUT2D eigenvalue weighted by Crippen LogP contribution is -2.68. The molecule has 0 fully saturated rings. The molecule has 0 radical (unpaired) electrons. The highest BCUT2D eigenvalue weighted by atomic mass is 35.7. The third kappa shape index (κ3) is 6.88. The fourth-order valence-corrected chi connectivity index (χ4v) is 5.51. The summed E-state index contributed by atoms with van der Waals surface area (Å²) in [5, 5.41) is 11.8. The van der Waals surface area contributed by atoms with Gasteiger partial charge >= 0.3 is 0 Å². The van der Waals surface area contributed by atoms with E-state index < -0.39 is 10.2 Å². The van der Waals surface area contributed by atoms with Crippen molar-refractivity contribution < 1.29 is 38.6 Å². The molecule has 0 saturated carbocycles. The van der Waals surface area contributed by atoms with Gasteiger partial charge in [-0.2, -0.15) is 4.57 Å². The minimum Gasteiger partial charge on any atom is -0.396 e. The van der Waals surface area contributed by atoms with Crippen molar-refractivity contribution in [3.63, 3.8) is 0 Å². The predicted molar refractivity (Wildman–Crippen MR) is 135 cm³/mol. The van der Waals surface area contributed by atoms with Gasteiger partial charge in [-0.1, -0.05) is 54.2 Å². The van der Waals surface area contributed by atoms with Gasteiger partial charge in [0.05, 0.1) is 16.1 Å². The van der Waals surface area contributed by atoms with E-state index in [1.165, 1.54) is 43.3 Å². The average molecular weight is 539 g/mol. The lowest BCUT2D eigenvalue weighted by Gasteiger charge is -2.20. The molecule has 0 amide bonds. The summed E-state index contributed by atoms with van der Waals surface area (Å²) in [7, 11) is -2.80. The number of anilines is 1. The van der Waals surface area contributed by atoms with E-state index in [2.05, 4.69) is 108 Å². The molecular weight excluding hydrogens is 512 g/mol. The largest absolute Gasteiger partial charge is 0.396 e. The van der Waals surface area contributed by atoms with Crippen LogP contribution in [0.25, 0.3) is 28.2 Å². The predicted octanol–water partition coefficient (Wildman–Crippen LogP) is 1.26. The van der Waals surface area contributed by atoms with Gasteiger partial charge in [0.25, 0.3) is 0 Å². The number of para-hydroxylation sites is 2. The summed E-state index contributed by atoms with van der Waals surface area (Å²) in [5.41, 5.74) is 6.11. The number of nitrogens with zero attached hydrogens (tertiary/aromatic N) is 2. The van der Waals surface area contributed by atoms with Gasteiger partial charge in [-0.3, -0.25) is 0 Å². The first-order valence-electron chi connectivity index (χ1n) is 11.7. The van der Waals surface area contributed by atoms with Crippen LogP contribution in [0.3, 0.4) is 0 Å². The van der Waals surface area contributed by atoms with Crippen molar-refractivity contribution in [2.45, 2.75) is 17.7 Å². The number of aliphatic hydroxyl groups is 1. The van der Waals surface area contributed by atoms with Crippen LogP contribution >= 0.6 is 11.8 Å². The molecule has 5 rings (SSSR count). The number of aliphatic hydroxyl groups excluding tert-OH is 1. The summed E-state index contributed by atoms with van der Waals surface area (Å²) < 4.78 is 36.3. The van der Waals surface area contributed by atoms with E-state index in [0.717, 1.165) is 19.4 Å². The van der Waals surface area contributed by atoms with Crippen molar-refractivity contribution in [1.29, 1.82) is 0 Å². The second kappa shape index (κ2) is 12.1. The van der Waals surface area contributed by atoms with Gasteiger partial charge in [0.2, 0.25) is 11.2 Å². The Bertz CT molecular complexity index is 1390. The smallest absolute Gasteiger partial charge is 0.213 e. The molecule has 4 aromatic rings. The Labute approximate surface area is 222 Å². The van der Waals surface area contributed by atoms with Crippen LogP contribution < -0.4 is 28.1 Å². The number of halogens is 1. The van der Waals surface area contributed by atoms with E-state index in [4.69, 9.17) is 18.6 Å². The van der Waals surface area contributed by atoms with Crippen molar-refractivity contribution >= 4 is 34.4 Å². The first-order chi connectivity index (χ1) is 17.8. The summed E-state index contributed by atoms with van der Waals surface area (Å²) in [5.74, 6) is 0. The number of pyridine rings is 1. The zero-order valence-electron chi connectivity index (χ0n) is 20.2. The first kappa shape index (κ1) is 27.1. The molecule has 0 aliphatic carbocycles. The van der Waals surface area contributed by atoms with E-state index in [1.807, 2.05) is 11.8 Å². The summed E-state index contributed by atoms with van der Waals surface area (Å²) in [6, 6.07) is 30.1. The lowest BCUT2D eigenvalue weighted by atomic mass is 10.0. The second-order valence-corrected chi connectivity index (χ2v) is 10.3. The number of aromatic nitrogens is 1. The van der Waals surface area contributed by atoms with Crippen molar-refractivity contribution in [2.24, 2.45) is 7.05 Å². The number of hydrogen-bond acceptors (Lipinski definition) is 7. The second-order valence-electron chi connectivity index (χ2n) is 8.44. The summed E-state index contributed by atoms with van der Waals surface area (Å²) >= 11 is 1.83. The molecule has 0 bridgehead atoms. The third-order valence-corrected chi connectivity index (χ3v) is 7.12. The van der Waals surface area contributed by atoms with E-state index in [-0.39, 0.29) is 6.61 Å². The normalized spacial score (nSPS) is 14.0. The van der Waals surface area contributed by atoms with Gasteiger partial charge in [0.1, 0.15) is 7.05 Å². The fraction of sp³-hybridized carbons (Fsp3) is 0.179. The molecule has 3 aromatic carbocycles. The Morgan fingerprint density at radius 3 is 2.27 bits per heavy atom. The molecule has 9 heteroatoms. The number of fused-ring (bicyclic) bond motifs is 2. The van der Waals surface area contributed by atoms with Crippen molar-refractivity contribution in [1.82, 2.24) is 0 Å². The topological polar surface area (TPSA) is 120 Å². The first-order valence-corrected chi connectivity index (χ1v) is 13.8. The van der Waals surface area contributed by atoms with Gasteiger partial charge < -0.3 is 10.0 Å². The third-order valence-electron chi connectivity index (χ3n) is 6.00. The standard InChI is InChI=1S/C28H27N2OS.ClHO4/c1-29-24-14-6-5-13-23(24)22(19-26(29)21-11-3-2-4-12-21)20-28-30(17-9-10-18-31)25-15-7-8-16-27(25)32-28;2-1(3,4)5/h2-8,11-16,19-20,31H,9-10,17-18H2,1H3;(H,2,3,4,5)/q+1;/p-1. The van der Waals surface area contributed by atoms with Crippen molar-refractivity contribution in [2.75, 3.05) is 18.1 Å². The molecule has 0 atom stereocenters. The van der Waals surface area contributed by atoms with Gasteiger partial charge in [0, 0.05) is 35.7 Å². The quantitative estimate of drug-likeness (QED) is 0.290. The number of hydrogen-bond donors (Lipinski definition) is 1. The number of rotatable bonds is 6. The molecule has 1 aliphatic rings. The zero-order valence-corrected chi connectivity index (χ0v) is 21.8. The Kier molecular flexibility index (Phi) is 8.83. The molecule has 1 aromatic heterocycles. The average Bonchev–Trinajstić information content (AvgIpc) is 3.22. The van der Waals surface area contributed by atoms with Gasteiger partial charge in [-0.25, -0.2) is 18.6 Å². The monoisotopic (exact) mass is 538 g/mol. The fourth-order valence-electron chi connectivity index (χ4n) is 4.37. The number of benzene rings is 3. The highest BCUT2D eigenvalue weighted by Crippen LogP contribution is 2.47. The molecule has 0 saturated heterocycles. The van der Waals surface area contributed by atoms with Crippen LogP contribution in [0.4, 0.5) is 5.69 Å². The van der Waals surface area contributed by atoms with Crippen LogP contribution in [0.1, 0.15) is 18.4 Å². The van der Waals surface area contributed by atoms with Crippen LogP contribution in [-0.2, 0) is 7.05 Å². The maximum atomic E-state index is 9.28. The van der Waals surface area contributed by atoms with E-state index in [9.17, 15) is 5.11 Å². The maximum absolute atomic E-state index is 9.28. The molecule has 0 unspecified atom stereocenters. The van der Waals surface area contributed by atoms with Crippen LogP contribution in [-0.4, -0.2) is 18.3 Å². The minimum atomic E-state index is -4.94. The Hall–Kier alpha value is -2.95. The molecule has 0 spiro atoms. The Morgan fingerprint density at radius 2 is 1.54 bits per heavy atom. The summed E-state index contributed by atoms with van der Waals surface area (Å²) in [6.45, 7) is 1.14. The highest BCUT2D eigenvalue weighted by Gasteiger charge is 2.25. The van der Waals surface area contributed by atoms with E-state index in [0.29, 0.717) is 0 Å². The number of unbranched alkanes of at least 4 members (excludes halogenated alkanes) is 1. The molecule has 7 nitrogen and oxygen atoms in total. The number of thioether (sulfide) groups is 1. The molecule has 1 aliphatic heterocycles. The van der Waals surface area contributed by atoms with Crippen molar-refractivity contribution in [3.05, 3.63) is 95.5 Å². The van der Waals surface area contributed by atoms with Crippen molar-refractivity contribution in [3.8, 4) is 11.3 Å². The Morgan fingerprint density at radius 1 is 0.892 bits per heavy atom. The van der Waals surface area contributed by atoms with E-state index >= 15 is 0 Å². The van der Waals surface area contributed by atoms with Crippen LogP contribution in [0.2, 0.25) is 0 Å². The SMILES string of the molecule is C[n+]1c(-c2ccccc2)cc(C=C2Sc3ccccc3N2CCCCO)c2ccccc21.[O-][Cl+3]([O-])([O-])[O-]. The Balaban J connectivity index is 0.000000586. The minimum absolute atomic E-state index is 0.238. The van der Waals surface area contributed by atoms with E-state index in [1.54, 1.807) is 0 Å². The molecule has 192 valence electrons. The van der Waals surface area contributed by atoms with Gasteiger partial charge in [-0.05, 0) is 54.8 Å². The van der Waals surface area contributed by atoms with Crippen LogP contribution in [0.15, 0.2) is 94.9 Å². The summed E-state index contributed by atoms with van der Waals surface area (Å²) in [6.07, 6.45) is 4.11. The van der Waals surface area contributed by atoms with Crippen LogP contribution in [0, 0.1) is 10.2 Å². The molecule has 2 heterocycles. The molecule has 1 N–H and O–H groups in total. The van der Waals surface area contributed by atoms with Crippen LogP contribution in [0.5, 0.6) is 0 Å². The number of aryl methyl sites for hydroxylation is 1. The molecule has 37 heavy (non-hydrogen) atoms. The maximum Gasteiger partial charge on any atom is 0.213 e. The summed E-state index contributed by atoms with van der Waals surface area (Å²) in [4.78, 5) is 3.69. The van der Waals surface area contributed by atoms with Gasteiger partial charge in [0.15, 0.2) is 0 Å². The lowest BCUT2D eigenvalue weighted by molar-refractivity contribution is -2.00. The highest BCUT2D eigenvalue weighted by molar-refractivity contribution is 8.03. The molecular formula is C28H27ClN2O5S.